The Morgan fingerprint density at radius 1 is 1.17 bits per heavy atom. The first-order valence-corrected chi connectivity index (χ1v) is 12.0. The van der Waals surface area contributed by atoms with Crippen LogP contribution in [0.15, 0.2) is 42.7 Å². The first-order valence-electron chi connectivity index (χ1n) is 10.1. The Bertz CT molecular complexity index is 1020. The predicted molar refractivity (Wildman–Crippen MR) is 111 cm³/mol. The summed E-state index contributed by atoms with van der Waals surface area (Å²) in [6, 6.07) is 8.33. The number of nitrogens with zero attached hydrogens (tertiary/aromatic N) is 1. The molecule has 0 aliphatic carbocycles. The van der Waals surface area contributed by atoms with E-state index in [2.05, 4.69) is 10.3 Å². The summed E-state index contributed by atoms with van der Waals surface area (Å²) in [5.74, 6) is -0.489. The molecule has 30 heavy (non-hydrogen) atoms. The van der Waals surface area contributed by atoms with E-state index in [9.17, 15) is 17.6 Å². The third kappa shape index (κ3) is 4.54. The molecule has 2 fully saturated rings. The third-order valence-electron chi connectivity index (χ3n) is 6.09. The van der Waals surface area contributed by atoms with Gasteiger partial charge in [0.25, 0.3) is 0 Å². The van der Waals surface area contributed by atoms with Crippen LogP contribution in [0.3, 0.4) is 0 Å². The van der Waals surface area contributed by atoms with E-state index in [1.54, 1.807) is 18.5 Å². The molecule has 6 nitrogen and oxygen atoms in total. The molecule has 2 saturated heterocycles. The molecule has 0 radical (unpaired) electrons. The number of rotatable bonds is 5. The predicted octanol–water partition coefficient (Wildman–Crippen LogP) is 2.53. The maximum absolute atomic E-state index is 15.0. The summed E-state index contributed by atoms with van der Waals surface area (Å²) in [6.07, 6.45) is 4.95. The number of aromatic nitrogens is 1. The van der Waals surface area contributed by atoms with Crippen LogP contribution in [0.25, 0.3) is 11.1 Å². The molecule has 0 saturated carbocycles. The lowest BCUT2D eigenvalue weighted by Gasteiger charge is -2.36. The van der Waals surface area contributed by atoms with Crippen LogP contribution >= 0.6 is 0 Å². The molecule has 4 rings (SSSR count). The van der Waals surface area contributed by atoms with Crippen LogP contribution in [0.2, 0.25) is 0 Å². The highest BCUT2D eigenvalue weighted by Gasteiger charge is 2.42. The highest BCUT2D eigenvalue weighted by Crippen LogP contribution is 2.36. The van der Waals surface area contributed by atoms with E-state index >= 15 is 0 Å². The number of hydrogen-bond acceptors (Lipinski definition) is 5. The van der Waals surface area contributed by atoms with Crippen molar-refractivity contribution >= 4 is 15.7 Å². The highest BCUT2D eigenvalue weighted by atomic mass is 32.2. The smallest absolute Gasteiger partial charge is 0.226 e. The summed E-state index contributed by atoms with van der Waals surface area (Å²) in [7, 11) is -3.09. The second kappa shape index (κ2) is 8.43. The maximum atomic E-state index is 15.0. The fraction of sp³-hybridized carbons (Fsp3) is 0.455. The van der Waals surface area contributed by atoms with E-state index < -0.39 is 15.3 Å². The lowest BCUT2D eigenvalue weighted by molar-refractivity contribution is -0.137. The minimum atomic E-state index is -3.09. The Balaban J connectivity index is 1.55. The molecule has 0 spiro atoms. The average molecular weight is 433 g/mol. The van der Waals surface area contributed by atoms with Gasteiger partial charge in [-0.05, 0) is 60.6 Å². The molecule has 2 aromatic rings. The topological polar surface area (TPSA) is 85.4 Å². The average Bonchev–Trinajstić information content (AvgIpc) is 3.09. The van der Waals surface area contributed by atoms with Gasteiger partial charge in [0.1, 0.15) is 5.82 Å². The van der Waals surface area contributed by atoms with Gasteiger partial charge < -0.3 is 10.1 Å². The zero-order valence-electron chi connectivity index (χ0n) is 16.6. The van der Waals surface area contributed by atoms with E-state index in [0.29, 0.717) is 38.0 Å². The Labute approximate surface area is 175 Å². The zero-order valence-corrected chi connectivity index (χ0v) is 17.5. The Kier molecular flexibility index (Phi) is 5.88. The first kappa shape index (κ1) is 20.9. The van der Waals surface area contributed by atoms with Crippen molar-refractivity contribution in [3.8, 4) is 11.1 Å². The number of benzene rings is 1. The minimum Gasteiger partial charge on any atom is -0.381 e. The van der Waals surface area contributed by atoms with Crippen molar-refractivity contribution < 1.29 is 22.3 Å². The molecule has 1 N–H and O–H groups in total. The monoisotopic (exact) mass is 432 g/mol. The van der Waals surface area contributed by atoms with E-state index in [-0.39, 0.29) is 35.7 Å². The number of hydrogen-bond donors (Lipinski definition) is 1. The summed E-state index contributed by atoms with van der Waals surface area (Å²) >= 11 is 0. The molecule has 2 aliphatic rings. The van der Waals surface area contributed by atoms with Crippen molar-refractivity contribution in [2.45, 2.75) is 31.7 Å². The Hall–Kier alpha value is -2.32. The van der Waals surface area contributed by atoms with Crippen molar-refractivity contribution in [3.05, 3.63) is 54.1 Å². The summed E-state index contributed by atoms with van der Waals surface area (Å²) < 4.78 is 43.9. The lowest BCUT2D eigenvalue weighted by Crippen LogP contribution is -2.49. The van der Waals surface area contributed by atoms with E-state index in [0.717, 1.165) is 11.1 Å². The molecule has 1 aromatic carbocycles. The number of ether oxygens (including phenoxy) is 1. The second-order valence-electron chi connectivity index (χ2n) is 8.18. The fourth-order valence-electron chi connectivity index (χ4n) is 4.27. The number of halogens is 1. The van der Waals surface area contributed by atoms with Crippen LogP contribution in [0.1, 0.15) is 24.8 Å². The van der Waals surface area contributed by atoms with Gasteiger partial charge in [-0.25, -0.2) is 12.8 Å². The van der Waals surface area contributed by atoms with Gasteiger partial charge in [0.15, 0.2) is 9.84 Å². The molecular formula is C22H25FN2O4S. The Morgan fingerprint density at radius 3 is 2.53 bits per heavy atom. The van der Waals surface area contributed by atoms with Crippen molar-refractivity contribution in [1.29, 1.82) is 0 Å². The highest BCUT2D eigenvalue weighted by molar-refractivity contribution is 7.91. The van der Waals surface area contributed by atoms with Gasteiger partial charge in [0.05, 0.1) is 16.9 Å². The van der Waals surface area contributed by atoms with E-state index in [4.69, 9.17) is 4.74 Å². The molecule has 160 valence electrons. The molecule has 1 amide bonds. The van der Waals surface area contributed by atoms with Crippen molar-refractivity contribution in [3.63, 3.8) is 0 Å². The van der Waals surface area contributed by atoms with Gasteiger partial charge in [-0.15, -0.1) is 0 Å². The van der Waals surface area contributed by atoms with Crippen molar-refractivity contribution in [2.24, 2.45) is 5.41 Å². The standard InChI is InChI=1S/C22H25FN2O4S/c23-20-13-17(16-3-8-24-9-4-16)1-2-18(20)14-22(6-10-29-11-7-22)21(26)25-19-5-12-30(27,28)15-19/h1-4,8-9,13,19H,5-7,10-12,14-15H2,(H,25,26)/t19-/m1/s1. The molecule has 0 unspecified atom stereocenters. The first-order chi connectivity index (χ1) is 14.4. The fourth-order valence-corrected chi connectivity index (χ4v) is 5.95. The van der Waals surface area contributed by atoms with Crippen LogP contribution in [-0.4, -0.2) is 50.1 Å². The number of carbonyl (C=O) groups excluding carboxylic acids is 1. The third-order valence-corrected chi connectivity index (χ3v) is 7.86. The van der Waals surface area contributed by atoms with Gasteiger partial charge >= 0.3 is 0 Å². The van der Waals surface area contributed by atoms with Crippen LogP contribution in [0, 0.1) is 11.2 Å². The van der Waals surface area contributed by atoms with E-state index in [1.807, 2.05) is 18.2 Å². The SMILES string of the molecule is O=C(N[C@@H]1CCS(=O)(=O)C1)C1(Cc2ccc(-c3ccncc3)cc2F)CCOCC1. The maximum Gasteiger partial charge on any atom is 0.226 e. The zero-order chi connectivity index (χ0) is 21.2. The minimum absolute atomic E-state index is 0.0275. The molecule has 8 heteroatoms. The number of nitrogens with one attached hydrogen (secondary N) is 1. The summed E-state index contributed by atoms with van der Waals surface area (Å²) in [5.41, 5.74) is 1.30. The van der Waals surface area contributed by atoms with Crippen LogP contribution < -0.4 is 5.32 Å². The van der Waals surface area contributed by atoms with Gasteiger partial charge in [-0.3, -0.25) is 9.78 Å². The van der Waals surface area contributed by atoms with Crippen molar-refractivity contribution in [2.75, 3.05) is 24.7 Å². The second-order valence-corrected chi connectivity index (χ2v) is 10.4. The number of amides is 1. The number of carbonyl (C=O) groups is 1. The van der Waals surface area contributed by atoms with Gasteiger partial charge in [-0.1, -0.05) is 12.1 Å². The van der Waals surface area contributed by atoms with Crippen LogP contribution in [0.5, 0.6) is 0 Å². The molecular weight excluding hydrogens is 407 g/mol. The van der Waals surface area contributed by atoms with Crippen LogP contribution in [-0.2, 0) is 25.8 Å². The summed E-state index contributed by atoms with van der Waals surface area (Å²) in [5, 5.41) is 2.92. The normalized spacial score (nSPS) is 22.5. The summed E-state index contributed by atoms with van der Waals surface area (Å²) in [6.45, 7) is 0.847. The molecule has 1 atom stereocenters. The molecule has 2 aliphatic heterocycles. The summed E-state index contributed by atoms with van der Waals surface area (Å²) in [4.78, 5) is 17.2. The van der Waals surface area contributed by atoms with Gasteiger partial charge in [0.2, 0.25) is 5.91 Å². The number of pyridine rings is 1. The van der Waals surface area contributed by atoms with Gasteiger partial charge in [-0.2, -0.15) is 0 Å². The quantitative estimate of drug-likeness (QED) is 0.785. The molecule has 3 heterocycles. The van der Waals surface area contributed by atoms with Crippen molar-refractivity contribution in [1.82, 2.24) is 10.3 Å². The molecule has 1 aromatic heterocycles. The largest absolute Gasteiger partial charge is 0.381 e. The van der Waals surface area contributed by atoms with E-state index in [1.165, 1.54) is 6.07 Å². The Morgan fingerprint density at radius 2 is 1.90 bits per heavy atom. The lowest BCUT2D eigenvalue weighted by atomic mass is 9.74. The van der Waals surface area contributed by atoms with Gasteiger partial charge in [0, 0.05) is 31.6 Å². The number of sulfone groups is 1. The van der Waals surface area contributed by atoms with Crippen LogP contribution in [0.4, 0.5) is 4.39 Å². The molecule has 0 bridgehead atoms.